The number of rotatable bonds is 4. The lowest BCUT2D eigenvalue weighted by molar-refractivity contribution is -0.129. The third-order valence-corrected chi connectivity index (χ3v) is 4.59. The van der Waals surface area contributed by atoms with E-state index < -0.39 is 12.1 Å². The van der Waals surface area contributed by atoms with Crippen molar-refractivity contribution in [2.75, 3.05) is 5.32 Å². The Kier molecular flexibility index (Phi) is 4.83. The zero-order valence-electron chi connectivity index (χ0n) is 13.8. The van der Waals surface area contributed by atoms with Crippen LogP contribution < -0.4 is 10.6 Å². The Morgan fingerprint density at radius 3 is 2.75 bits per heavy atom. The first-order valence-electron chi connectivity index (χ1n) is 8.47. The van der Waals surface area contributed by atoms with Gasteiger partial charge in [-0.05, 0) is 49.9 Å². The van der Waals surface area contributed by atoms with E-state index in [1.54, 1.807) is 25.1 Å². The summed E-state index contributed by atoms with van der Waals surface area (Å²) in [7, 11) is 0. The Hall–Kier alpha value is -2.37. The van der Waals surface area contributed by atoms with Crippen LogP contribution in [0.25, 0.3) is 0 Å². The standard InChI is InChI=1S/C18H22N2O4/c1-11(17(22)19-14-4-2-3-5-14)24-18(23)13-6-8-15-12(10-13)7-9-16(21)20-15/h6,8,10-11,14H,2-5,7,9H2,1H3,(H,19,22)(H,20,21)/t11-/m1/s1. The maximum absolute atomic E-state index is 12.3. The molecule has 2 aliphatic rings. The minimum atomic E-state index is -0.825. The van der Waals surface area contributed by atoms with E-state index >= 15 is 0 Å². The molecule has 1 aliphatic carbocycles. The van der Waals surface area contributed by atoms with Crippen LogP contribution >= 0.6 is 0 Å². The number of amides is 2. The van der Waals surface area contributed by atoms with Crippen molar-refractivity contribution in [1.29, 1.82) is 0 Å². The predicted molar refractivity (Wildman–Crippen MR) is 88.7 cm³/mol. The fraction of sp³-hybridized carbons (Fsp3) is 0.500. The number of fused-ring (bicyclic) bond motifs is 1. The van der Waals surface area contributed by atoms with Gasteiger partial charge in [-0.2, -0.15) is 0 Å². The van der Waals surface area contributed by atoms with Crippen molar-refractivity contribution in [3.8, 4) is 0 Å². The molecular weight excluding hydrogens is 308 g/mol. The maximum Gasteiger partial charge on any atom is 0.338 e. The second-order valence-electron chi connectivity index (χ2n) is 6.46. The minimum absolute atomic E-state index is 0.0185. The van der Waals surface area contributed by atoms with E-state index in [9.17, 15) is 14.4 Å². The number of esters is 1. The molecule has 0 aromatic heterocycles. The van der Waals surface area contributed by atoms with E-state index in [0.717, 1.165) is 36.9 Å². The van der Waals surface area contributed by atoms with Gasteiger partial charge in [0.15, 0.2) is 6.10 Å². The molecule has 0 saturated heterocycles. The summed E-state index contributed by atoms with van der Waals surface area (Å²) in [4.78, 5) is 35.7. The number of carbonyl (C=O) groups is 3. The number of hydrogen-bond acceptors (Lipinski definition) is 4. The molecule has 3 rings (SSSR count). The number of carbonyl (C=O) groups excluding carboxylic acids is 3. The smallest absolute Gasteiger partial charge is 0.338 e. The van der Waals surface area contributed by atoms with E-state index in [1.807, 2.05) is 0 Å². The number of hydrogen-bond donors (Lipinski definition) is 2. The van der Waals surface area contributed by atoms with E-state index in [-0.39, 0.29) is 17.9 Å². The van der Waals surface area contributed by atoms with Crippen LogP contribution in [0.4, 0.5) is 5.69 Å². The van der Waals surface area contributed by atoms with E-state index in [1.165, 1.54) is 0 Å². The average molecular weight is 330 g/mol. The second-order valence-corrected chi connectivity index (χ2v) is 6.46. The third kappa shape index (κ3) is 3.75. The minimum Gasteiger partial charge on any atom is -0.449 e. The number of aryl methyl sites for hydroxylation is 1. The molecule has 2 N–H and O–H groups in total. The number of benzene rings is 1. The van der Waals surface area contributed by atoms with E-state index in [0.29, 0.717) is 18.4 Å². The normalized spacial score (nSPS) is 18.5. The molecule has 0 radical (unpaired) electrons. The lowest BCUT2D eigenvalue weighted by Gasteiger charge is -2.19. The van der Waals surface area contributed by atoms with Crippen LogP contribution in [-0.2, 0) is 20.7 Å². The lowest BCUT2D eigenvalue weighted by atomic mass is 10.0. The molecule has 1 saturated carbocycles. The van der Waals surface area contributed by atoms with Crippen LogP contribution in [-0.4, -0.2) is 29.9 Å². The Balaban J connectivity index is 1.59. The van der Waals surface area contributed by atoms with Gasteiger partial charge in [0, 0.05) is 18.2 Å². The Bertz CT molecular complexity index is 665. The Morgan fingerprint density at radius 1 is 1.25 bits per heavy atom. The molecule has 1 aromatic carbocycles. The Labute approximate surface area is 140 Å². The molecule has 0 bridgehead atoms. The van der Waals surface area contributed by atoms with Gasteiger partial charge in [-0.1, -0.05) is 12.8 Å². The van der Waals surface area contributed by atoms with Crippen LogP contribution in [0.15, 0.2) is 18.2 Å². The van der Waals surface area contributed by atoms with Gasteiger partial charge >= 0.3 is 5.97 Å². The number of ether oxygens (including phenoxy) is 1. The maximum atomic E-state index is 12.3. The van der Waals surface area contributed by atoms with Crippen molar-refractivity contribution >= 4 is 23.5 Å². The van der Waals surface area contributed by atoms with Crippen molar-refractivity contribution < 1.29 is 19.1 Å². The zero-order chi connectivity index (χ0) is 17.1. The summed E-state index contributed by atoms with van der Waals surface area (Å²) >= 11 is 0. The summed E-state index contributed by atoms with van der Waals surface area (Å²) in [6.07, 6.45) is 4.42. The Morgan fingerprint density at radius 2 is 2.00 bits per heavy atom. The summed E-state index contributed by atoms with van der Waals surface area (Å²) in [5, 5.41) is 5.70. The van der Waals surface area contributed by atoms with Gasteiger partial charge in [-0.3, -0.25) is 9.59 Å². The third-order valence-electron chi connectivity index (χ3n) is 4.59. The van der Waals surface area contributed by atoms with Crippen LogP contribution in [0.2, 0.25) is 0 Å². The number of nitrogens with one attached hydrogen (secondary N) is 2. The summed E-state index contributed by atoms with van der Waals surface area (Å²) in [5.41, 5.74) is 2.03. The van der Waals surface area contributed by atoms with Crippen LogP contribution in [0.1, 0.15) is 54.9 Å². The van der Waals surface area contributed by atoms with Gasteiger partial charge in [-0.15, -0.1) is 0 Å². The average Bonchev–Trinajstić information content (AvgIpc) is 3.07. The molecular formula is C18H22N2O4. The molecule has 2 amide bonds. The monoisotopic (exact) mass is 330 g/mol. The van der Waals surface area contributed by atoms with Gasteiger partial charge in [0.25, 0.3) is 5.91 Å². The fourth-order valence-corrected chi connectivity index (χ4v) is 3.18. The molecule has 0 unspecified atom stereocenters. The highest BCUT2D eigenvalue weighted by Crippen LogP contribution is 2.24. The van der Waals surface area contributed by atoms with Gasteiger partial charge < -0.3 is 15.4 Å². The highest BCUT2D eigenvalue weighted by Gasteiger charge is 2.24. The SMILES string of the molecule is C[C@@H](OC(=O)c1ccc2c(c1)CCC(=O)N2)C(=O)NC1CCCC1. The van der Waals surface area contributed by atoms with Crippen molar-refractivity contribution in [3.05, 3.63) is 29.3 Å². The first-order chi connectivity index (χ1) is 11.5. The van der Waals surface area contributed by atoms with E-state index in [4.69, 9.17) is 4.74 Å². The summed E-state index contributed by atoms with van der Waals surface area (Å²) < 4.78 is 5.28. The van der Waals surface area contributed by atoms with E-state index in [2.05, 4.69) is 10.6 Å². The van der Waals surface area contributed by atoms with Crippen molar-refractivity contribution in [1.82, 2.24) is 5.32 Å². The molecule has 1 aromatic rings. The summed E-state index contributed by atoms with van der Waals surface area (Å²) in [6, 6.07) is 5.23. The largest absolute Gasteiger partial charge is 0.449 e. The molecule has 1 fully saturated rings. The predicted octanol–water partition coefficient (Wildman–Crippen LogP) is 2.18. The van der Waals surface area contributed by atoms with Crippen LogP contribution in [0.5, 0.6) is 0 Å². The second kappa shape index (κ2) is 7.03. The molecule has 1 heterocycles. The van der Waals surface area contributed by atoms with Gasteiger partial charge in [0.05, 0.1) is 5.56 Å². The lowest BCUT2D eigenvalue weighted by Crippen LogP contribution is -2.40. The summed E-state index contributed by atoms with van der Waals surface area (Å²) in [5.74, 6) is -0.792. The van der Waals surface area contributed by atoms with Crippen molar-refractivity contribution in [2.24, 2.45) is 0 Å². The highest BCUT2D eigenvalue weighted by atomic mass is 16.5. The van der Waals surface area contributed by atoms with Crippen LogP contribution in [0, 0.1) is 0 Å². The van der Waals surface area contributed by atoms with Crippen molar-refractivity contribution in [3.63, 3.8) is 0 Å². The molecule has 6 heteroatoms. The highest BCUT2D eigenvalue weighted by molar-refractivity contribution is 5.96. The van der Waals surface area contributed by atoms with Crippen LogP contribution in [0.3, 0.4) is 0 Å². The summed E-state index contributed by atoms with van der Waals surface area (Å²) in [6.45, 7) is 1.58. The van der Waals surface area contributed by atoms with Gasteiger partial charge in [-0.25, -0.2) is 4.79 Å². The molecule has 24 heavy (non-hydrogen) atoms. The fourth-order valence-electron chi connectivity index (χ4n) is 3.18. The molecule has 1 aliphatic heterocycles. The molecule has 128 valence electrons. The first-order valence-corrected chi connectivity index (χ1v) is 8.47. The van der Waals surface area contributed by atoms with Gasteiger partial charge in [0.2, 0.25) is 5.91 Å². The quantitative estimate of drug-likeness (QED) is 0.829. The zero-order valence-corrected chi connectivity index (χ0v) is 13.8. The van der Waals surface area contributed by atoms with Crippen molar-refractivity contribution in [2.45, 2.75) is 57.6 Å². The van der Waals surface area contributed by atoms with Gasteiger partial charge in [0.1, 0.15) is 0 Å². The molecule has 0 spiro atoms. The first kappa shape index (κ1) is 16.5. The number of anilines is 1. The molecule has 6 nitrogen and oxygen atoms in total. The topological polar surface area (TPSA) is 84.5 Å². The molecule has 1 atom stereocenters.